The van der Waals surface area contributed by atoms with E-state index in [4.69, 9.17) is 0 Å². The van der Waals surface area contributed by atoms with E-state index in [1.165, 1.54) is 12.1 Å². The molecule has 0 bridgehead atoms. The molecule has 1 aromatic carbocycles. The van der Waals surface area contributed by atoms with Crippen molar-refractivity contribution in [2.45, 2.75) is 6.42 Å². The van der Waals surface area contributed by atoms with Crippen LogP contribution in [0.5, 0.6) is 0 Å². The van der Waals surface area contributed by atoms with Gasteiger partial charge in [-0.3, -0.25) is 4.98 Å². The van der Waals surface area contributed by atoms with Crippen molar-refractivity contribution in [3.8, 4) is 0 Å². The van der Waals surface area contributed by atoms with Gasteiger partial charge in [-0.15, -0.1) is 0 Å². The van der Waals surface area contributed by atoms with Crippen LogP contribution in [0.15, 0.2) is 48.7 Å². The van der Waals surface area contributed by atoms with Crippen molar-refractivity contribution < 1.29 is 4.39 Å². The second kappa shape index (κ2) is 4.01. The van der Waals surface area contributed by atoms with Gasteiger partial charge in [-0.1, -0.05) is 18.2 Å². The highest BCUT2D eigenvalue weighted by Gasteiger charge is 1.96. The summed E-state index contributed by atoms with van der Waals surface area (Å²) in [6.45, 7) is 0. The topological polar surface area (TPSA) is 12.9 Å². The minimum atomic E-state index is -0.199. The van der Waals surface area contributed by atoms with Gasteiger partial charge in [0, 0.05) is 18.3 Å². The third kappa shape index (κ3) is 2.16. The average molecular weight is 187 g/mol. The maximum Gasteiger partial charge on any atom is 0.123 e. The normalized spacial score (nSPS) is 10.1. The summed E-state index contributed by atoms with van der Waals surface area (Å²) < 4.78 is 12.6. The minimum Gasteiger partial charge on any atom is -0.261 e. The molecule has 0 fully saturated rings. The number of hydrogen-bond acceptors (Lipinski definition) is 1. The first-order valence-corrected chi connectivity index (χ1v) is 4.49. The van der Waals surface area contributed by atoms with E-state index >= 15 is 0 Å². The van der Waals surface area contributed by atoms with Gasteiger partial charge in [-0.2, -0.15) is 0 Å². The SMILES string of the molecule is Fc1ccc(Cc2ccccn2)cc1. The molecular formula is C12H10FN. The van der Waals surface area contributed by atoms with E-state index in [1.54, 1.807) is 18.3 Å². The van der Waals surface area contributed by atoms with Crippen LogP contribution in [-0.2, 0) is 6.42 Å². The van der Waals surface area contributed by atoms with E-state index in [0.717, 1.165) is 17.7 Å². The lowest BCUT2D eigenvalue weighted by atomic mass is 10.1. The van der Waals surface area contributed by atoms with Crippen LogP contribution in [0.1, 0.15) is 11.3 Å². The van der Waals surface area contributed by atoms with Gasteiger partial charge in [-0.25, -0.2) is 4.39 Å². The molecule has 2 rings (SSSR count). The Morgan fingerprint density at radius 2 is 1.79 bits per heavy atom. The second-order valence-corrected chi connectivity index (χ2v) is 3.12. The Kier molecular flexibility index (Phi) is 2.54. The molecule has 0 unspecified atom stereocenters. The van der Waals surface area contributed by atoms with Crippen LogP contribution in [-0.4, -0.2) is 4.98 Å². The molecule has 0 atom stereocenters. The molecular weight excluding hydrogens is 177 g/mol. The third-order valence-corrected chi connectivity index (χ3v) is 2.02. The smallest absolute Gasteiger partial charge is 0.123 e. The first-order valence-electron chi connectivity index (χ1n) is 4.49. The van der Waals surface area contributed by atoms with Gasteiger partial charge in [0.05, 0.1) is 0 Å². The molecule has 0 spiro atoms. The summed E-state index contributed by atoms with van der Waals surface area (Å²) in [7, 11) is 0. The number of benzene rings is 1. The lowest BCUT2D eigenvalue weighted by molar-refractivity contribution is 0.627. The molecule has 2 heteroatoms. The molecule has 0 N–H and O–H groups in total. The summed E-state index contributed by atoms with van der Waals surface area (Å²) in [5.41, 5.74) is 2.07. The number of rotatable bonds is 2. The fraction of sp³-hybridized carbons (Fsp3) is 0.0833. The summed E-state index contributed by atoms with van der Waals surface area (Å²) in [6, 6.07) is 12.3. The van der Waals surface area contributed by atoms with Crippen molar-refractivity contribution in [2.75, 3.05) is 0 Å². The van der Waals surface area contributed by atoms with Crippen LogP contribution in [0.25, 0.3) is 0 Å². The van der Waals surface area contributed by atoms with Crippen LogP contribution in [0, 0.1) is 5.82 Å². The summed E-state index contributed by atoms with van der Waals surface area (Å²) in [4.78, 5) is 4.20. The third-order valence-electron chi connectivity index (χ3n) is 2.02. The molecule has 0 radical (unpaired) electrons. The van der Waals surface area contributed by atoms with Crippen LogP contribution < -0.4 is 0 Å². The van der Waals surface area contributed by atoms with Gasteiger partial charge in [0.25, 0.3) is 0 Å². The Morgan fingerprint density at radius 1 is 1.00 bits per heavy atom. The van der Waals surface area contributed by atoms with Crippen molar-refractivity contribution in [1.29, 1.82) is 0 Å². The molecule has 0 amide bonds. The average Bonchev–Trinajstić information content (AvgIpc) is 2.23. The van der Waals surface area contributed by atoms with Crippen molar-refractivity contribution in [3.05, 3.63) is 65.7 Å². The van der Waals surface area contributed by atoms with Crippen molar-refractivity contribution >= 4 is 0 Å². The lowest BCUT2D eigenvalue weighted by Gasteiger charge is -1.99. The van der Waals surface area contributed by atoms with Gasteiger partial charge >= 0.3 is 0 Å². The van der Waals surface area contributed by atoms with Gasteiger partial charge in [0.15, 0.2) is 0 Å². The Labute approximate surface area is 82.2 Å². The lowest BCUT2D eigenvalue weighted by Crippen LogP contribution is -1.90. The number of halogens is 1. The number of nitrogens with zero attached hydrogens (tertiary/aromatic N) is 1. The molecule has 1 nitrogen and oxygen atoms in total. The van der Waals surface area contributed by atoms with Crippen LogP contribution in [0.2, 0.25) is 0 Å². The van der Waals surface area contributed by atoms with Crippen LogP contribution in [0.3, 0.4) is 0 Å². The van der Waals surface area contributed by atoms with Gasteiger partial charge in [0.2, 0.25) is 0 Å². The fourth-order valence-corrected chi connectivity index (χ4v) is 1.31. The maximum atomic E-state index is 12.6. The summed E-state index contributed by atoms with van der Waals surface area (Å²) in [6.07, 6.45) is 2.51. The van der Waals surface area contributed by atoms with Crippen molar-refractivity contribution in [2.24, 2.45) is 0 Å². The van der Waals surface area contributed by atoms with Gasteiger partial charge < -0.3 is 0 Å². The van der Waals surface area contributed by atoms with E-state index in [0.29, 0.717) is 0 Å². The van der Waals surface area contributed by atoms with Crippen LogP contribution >= 0.6 is 0 Å². The first-order chi connectivity index (χ1) is 6.84. The molecule has 0 saturated heterocycles. The zero-order chi connectivity index (χ0) is 9.80. The molecule has 2 aromatic rings. The van der Waals surface area contributed by atoms with E-state index in [1.807, 2.05) is 18.2 Å². The standard InChI is InChI=1S/C12H10FN/c13-11-6-4-10(5-7-11)9-12-3-1-2-8-14-12/h1-8H,9H2. The van der Waals surface area contributed by atoms with E-state index in [-0.39, 0.29) is 5.82 Å². The highest BCUT2D eigenvalue weighted by Crippen LogP contribution is 2.07. The monoisotopic (exact) mass is 187 g/mol. The van der Waals surface area contributed by atoms with Crippen molar-refractivity contribution in [3.63, 3.8) is 0 Å². The fourth-order valence-electron chi connectivity index (χ4n) is 1.31. The largest absolute Gasteiger partial charge is 0.261 e. The Hall–Kier alpha value is -1.70. The molecule has 70 valence electrons. The molecule has 14 heavy (non-hydrogen) atoms. The molecule has 0 aliphatic carbocycles. The maximum absolute atomic E-state index is 12.6. The Morgan fingerprint density at radius 3 is 2.43 bits per heavy atom. The summed E-state index contributed by atoms with van der Waals surface area (Å²) in [5, 5.41) is 0. The minimum absolute atomic E-state index is 0.199. The highest BCUT2D eigenvalue weighted by atomic mass is 19.1. The van der Waals surface area contributed by atoms with Gasteiger partial charge in [0.1, 0.15) is 5.82 Å². The quantitative estimate of drug-likeness (QED) is 0.704. The highest BCUT2D eigenvalue weighted by molar-refractivity contribution is 5.21. The predicted octanol–water partition coefficient (Wildman–Crippen LogP) is 2.81. The molecule has 1 aromatic heterocycles. The molecule has 0 aliphatic rings. The number of aromatic nitrogens is 1. The summed E-state index contributed by atoms with van der Waals surface area (Å²) in [5.74, 6) is -0.199. The van der Waals surface area contributed by atoms with Crippen molar-refractivity contribution in [1.82, 2.24) is 4.98 Å². The summed E-state index contributed by atoms with van der Waals surface area (Å²) >= 11 is 0. The van der Waals surface area contributed by atoms with E-state index < -0.39 is 0 Å². The number of hydrogen-bond donors (Lipinski definition) is 0. The van der Waals surface area contributed by atoms with Crippen LogP contribution in [0.4, 0.5) is 4.39 Å². The van der Waals surface area contributed by atoms with Gasteiger partial charge in [-0.05, 0) is 29.8 Å². The Balaban J connectivity index is 2.16. The predicted molar refractivity (Wildman–Crippen MR) is 53.4 cm³/mol. The second-order valence-electron chi connectivity index (χ2n) is 3.12. The molecule has 1 heterocycles. The zero-order valence-electron chi connectivity index (χ0n) is 7.65. The Bertz CT molecular complexity index is 394. The number of pyridine rings is 1. The van der Waals surface area contributed by atoms with E-state index in [2.05, 4.69) is 4.98 Å². The molecule has 0 saturated carbocycles. The first kappa shape index (κ1) is 8.88. The van der Waals surface area contributed by atoms with E-state index in [9.17, 15) is 4.39 Å². The molecule has 0 aliphatic heterocycles. The zero-order valence-corrected chi connectivity index (χ0v) is 7.65.